The lowest BCUT2D eigenvalue weighted by Gasteiger charge is -2.03. The second-order valence-electron chi connectivity index (χ2n) is 3.47. The second kappa shape index (κ2) is 5.07. The zero-order valence-corrected chi connectivity index (χ0v) is 9.00. The number of carbonyl (C=O) groups excluding carboxylic acids is 1. The van der Waals surface area contributed by atoms with E-state index in [1.807, 2.05) is 0 Å². The molecular weight excluding hydrogens is 218 g/mol. The Kier molecular flexibility index (Phi) is 3.30. The van der Waals surface area contributed by atoms with E-state index < -0.39 is 0 Å². The molecule has 1 aromatic heterocycles. The molecule has 0 saturated heterocycles. The van der Waals surface area contributed by atoms with Crippen LogP contribution in [0.25, 0.3) is 0 Å². The number of benzene rings is 1. The molecule has 1 amide bonds. The number of phenols is 1. The number of aromatic nitrogens is 2. The first-order valence-electron chi connectivity index (χ1n) is 5.09. The van der Waals surface area contributed by atoms with E-state index >= 15 is 0 Å². The summed E-state index contributed by atoms with van der Waals surface area (Å²) in [6.07, 6.45) is 3.28. The van der Waals surface area contributed by atoms with Crippen LogP contribution in [0, 0.1) is 0 Å². The van der Waals surface area contributed by atoms with Crippen LogP contribution in [0.4, 0.5) is 5.95 Å². The van der Waals surface area contributed by atoms with Crippen LogP contribution in [0.1, 0.15) is 5.56 Å². The summed E-state index contributed by atoms with van der Waals surface area (Å²) in [4.78, 5) is 19.4. The number of aromatic hydroxyl groups is 1. The molecule has 17 heavy (non-hydrogen) atoms. The van der Waals surface area contributed by atoms with Crippen molar-refractivity contribution in [2.24, 2.45) is 0 Å². The average Bonchev–Trinajstić information content (AvgIpc) is 2.30. The zero-order chi connectivity index (χ0) is 12.1. The van der Waals surface area contributed by atoms with Gasteiger partial charge in [-0.25, -0.2) is 9.97 Å². The molecule has 0 radical (unpaired) electrons. The molecule has 0 bridgehead atoms. The van der Waals surface area contributed by atoms with Crippen molar-refractivity contribution < 1.29 is 9.90 Å². The van der Waals surface area contributed by atoms with Gasteiger partial charge in [-0.15, -0.1) is 0 Å². The summed E-state index contributed by atoms with van der Waals surface area (Å²) in [5.41, 5.74) is 0.735. The van der Waals surface area contributed by atoms with Crippen molar-refractivity contribution in [3.8, 4) is 5.75 Å². The van der Waals surface area contributed by atoms with Crippen molar-refractivity contribution in [3.05, 3.63) is 48.3 Å². The van der Waals surface area contributed by atoms with Crippen LogP contribution in [0.5, 0.6) is 5.75 Å². The Balaban J connectivity index is 1.98. The van der Waals surface area contributed by atoms with Gasteiger partial charge in [-0.2, -0.15) is 0 Å². The molecule has 2 rings (SSSR count). The Labute approximate surface area is 98.2 Å². The molecule has 0 aliphatic rings. The van der Waals surface area contributed by atoms with E-state index in [9.17, 15) is 9.90 Å². The lowest BCUT2D eigenvalue weighted by atomic mass is 10.1. The number of anilines is 1. The molecule has 2 aromatic rings. The van der Waals surface area contributed by atoms with Crippen LogP contribution in [0.3, 0.4) is 0 Å². The van der Waals surface area contributed by atoms with Crippen molar-refractivity contribution in [1.29, 1.82) is 0 Å². The number of rotatable bonds is 3. The van der Waals surface area contributed by atoms with Crippen LogP contribution < -0.4 is 5.32 Å². The smallest absolute Gasteiger partial charge is 0.231 e. The molecule has 2 N–H and O–H groups in total. The second-order valence-corrected chi connectivity index (χ2v) is 3.47. The summed E-state index contributed by atoms with van der Waals surface area (Å²) in [6.45, 7) is 0. The lowest BCUT2D eigenvalue weighted by Crippen LogP contribution is -2.16. The fraction of sp³-hybridized carbons (Fsp3) is 0.0833. The van der Waals surface area contributed by atoms with Crippen molar-refractivity contribution >= 4 is 11.9 Å². The third-order valence-electron chi connectivity index (χ3n) is 2.09. The van der Waals surface area contributed by atoms with E-state index in [0.717, 1.165) is 5.56 Å². The molecule has 0 atom stereocenters. The third-order valence-corrected chi connectivity index (χ3v) is 2.09. The van der Waals surface area contributed by atoms with Gasteiger partial charge in [0.15, 0.2) is 0 Å². The van der Waals surface area contributed by atoms with Crippen molar-refractivity contribution in [3.63, 3.8) is 0 Å². The highest BCUT2D eigenvalue weighted by atomic mass is 16.3. The number of nitrogens with zero attached hydrogens (tertiary/aromatic N) is 2. The van der Waals surface area contributed by atoms with Gasteiger partial charge in [0.1, 0.15) is 5.75 Å². The standard InChI is InChI=1S/C12H11N3O2/c16-10-4-1-3-9(7-10)8-11(17)15-12-13-5-2-6-14-12/h1-7,16H,8H2,(H,13,14,15,17). The molecule has 0 saturated carbocycles. The van der Waals surface area contributed by atoms with E-state index in [1.165, 1.54) is 0 Å². The highest BCUT2D eigenvalue weighted by Crippen LogP contribution is 2.11. The van der Waals surface area contributed by atoms with Gasteiger partial charge in [-0.3, -0.25) is 10.1 Å². The summed E-state index contributed by atoms with van der Waals surface area (Å²) in [5.74, 6) is 0.200. The van der Waals surface area contributed by atoms with Gasteiger partial charge in [0.05, 0.1) is 6.42 Å². The third kappa shape index (κ3) is 3.27. The molecule has 0 unspecified atom stereocenters. The number of carbonyl (C=O) groups is 1. The maximum atomic E-state index is 11.6. The Morgan fingerprint density at radius 1 is 1.24 bits per heavy atom. The number of nitrogens with one attached hydrogen (secondary N) is 1. The molecule has 0 aliphatic heterocycles. The maximum Gasteiger partial charge on any atom is 0.231 e. The van der Waals surface area contributed by atoms with E-state index in [-0.39, 0.29) is 24.0 Å². The summed E-state index contributed by atoms with van der Waals surface area (Å²) >= 11 is 0. The maximum absolute atomic E-state index is 11.6. The Morgan fingerprint density at radius 3 is 2.71 bits per heavy atom. The van der Waals surface area contributed by atoms with Crippen LogP contribution >= 0.6 is 0 Å². The number of hydrogen-bond donors (Lipinski definition) is 2. The minimum atomic E-state index is -0.221. The summed E-state index contributed by atoms with van der Waals surface area (Å²) in [5, 5.41) is 11.8. The predicted molar refractivity (Wildman–Crippen MR) is 62.5 cm³/mol. The normalized spacial score (nSPS) is 9.88. The van der Waals surface area contributed by atoms with Crippen LogP contribution in [-0.2, 0) is 11.2 Å². The van der Waals surface area contributed by atoms with E-state index in [4.69, 9.17) is 0 Å². The van der Waals surface area contributed by atoms with Crippen molar-refractivity contribution in [2.75, 3.05) is 5.32 Å². The molecule has 0 aliphatic carbocycles. The SMILES string of the molecule is O=C(Cc1cccc(O)c1)Nc1ncccn1. The first kappa shape index (κ1) is 11.1. The lowest BCUT2D eigenvalue weighted by molar-refractivity contribution is -0.115. The number of hydrogen-bond acceptors (Lipinski definition) is 4. The Hall–Kier alpha value is -2.43. The van der Waals surface area contributed by atoms with Gasteiger partial charge < -0.3 is 5.11 Å². The van der Waals surface area contributed by atoms with Gasteiger partial charge in [0.25, 0.3) is 0 Å². The van der Waals surface area contributed by atoms with E-state index in [0.29, 0.717) is 0 Å². The fourth-order valence-corrected chi connectivity index (χ4v) is 1.38. The van der Waals surface area contributed by atoms with Crippen molar-refractivity contribution in [2.45, 2.75) is 6.42 Å². The van der Waals surface area contributed by atoms with E-state index in [1.54, 1.807) is 42.7 Å². The van der Waals surface area contributed by atoms with Crippen LogP contribution in [0.15, 0.2) is 42.7 Å². The summed E-state index contributed by atoms with van der Waals surface area (Å²) in [6, 6.07) is 8.24. The highest BCUT2D eigenvalue weighted by Gasteiger charge is 2.05. The van der Waals surface area contributed by atoms with Gasteiger partial charge in [0, 0.05) is 12.4 Å². The van der Waals surface area contributed by atoms with Gasteiger partial charge in [-0.05, 0) is 23.8 Å². The number of phenolic OH excluding ortho intramolecular Hbond substituents is 1. The van der Waals surface area contributed by atoms with Crippen molar-refractivity contribution in [1.82, 2.24) is 9.97 Å². The quantitative estimate of drug-likeness (QED) is 0.833. The first-order chi connectivity index (χ1) is 8.24. The van der Waals surface area contributed by atoms with Gasteiger partial charge >= 0.3 is 0 Å². The Morgan fingerprint density at radius 2 is 2.00 bits per heavy atom. The molecule has 5 heteroatoms. The number of amides is 1. The molecule has 5 nitrogen and oxygen atoms in total. The van der Waals surface area contributed by atoms with E-state index in [2.05, 4.69) is 15.3 Å². The Bertz CT molecular complexity index is 514. The largest absolute Gasteiger partial charge is 0.508 e. The molecule has 86 valence electrons. The molecule has 1 heterocycles. The molecular formula is C12H11N3O2. The summed E-state index contributed by atoms with van der Waals surface area (Å²) in [7, 11) is 0. The average molecular weight is 229 g/mol. The topological polar surface area (TPSA) is 75.1 Å². The van der Waals surface area contributed by atoms with Gasteiger partial charge in [-0.1, -0.05) is 12.1 Å². The monoisotopic (exact) mass is 229 g/mol. The minimum Gasteiger partial charge on any atom is -0.508 e. The highest BCUT2D eigenvalue weighted by molar-refractivity contribution is 5.90. The first-order valence-corrected chi connectivity index (χ1v) is 5.09. The molecule has 1 aromatic carbocycles. The van der Waals surface area contributed by atoms with Crippen LogP contribution in [-0.4, -0.2) is 21.0 Å². The molecule has 0 spiro atoms. The summed E-state index contributed by atoms with van der Waals surface area (Å²) < 4.78 is 0. The van der Waals surface area contributed by atoms with Crippen LogP contribution in [0.2, 0.25) is 0 Å². The molecule has 0 fully saturated rings. The minimum absolute atomic E-state index is 0.145. The van der Waals surface area contributed by atoms with Gasteiger partial charge in [0.2, 0.25) is 11.9 Å². The fourth-order valence-electron chi connectivity index (χ4n) is 1.38. The predicted octanol–water partition coefficient (Wildman–Crippen LogP) is 1.36. The zero-order valence-electron chi connectivity index (χ0n) is 9.00.